The van der Waals surface area contributed by atoms with Crippen LogP contribution in [0.15, 0.2) is 36.4 Å². The first-order valence-corrected chi connectivity index (χ1v) is 8.94. The first kappa shape index (κ1) is 18.6. The molecule has 1 atom stereocenters. The number of amides is 1. The van der Waals surface area contributed by atoms with E-state index in [9.17, 15) is 4.79 Å². The molecule has 1 fully saturated rings. The zero-order valence-corrected chi connectivity index (χ0v) is 15.1. The van der Waals surface area contributed by atoms with Crippen LogP contribution in [-0.2, 0) is 4.79 Å². The van der Waals surface area contributed by atoms with Gasteiger partial charge in [0.05, 0.1) is 0 Å². The van der Waals surface area contributed by atoms with Gasteiger partial charge in [-0.1, -0.05) is 78.0 Å². The molecule has 0 aliphatic carbocycles. The minimum atomic E-state index is -1.57. The second-order valence-electron chi connectivity index (χ2n) is 5.65. The second-order valence-corrected chi connectivity index (χ2v) is 8.02. The smallest absolute Gasteiger partial charge is 0.245 e. The van der Waals surface area contributed by atoms with Crippen molar-refractivity contribution in [2.45, 2.75) is 35.6 Å². The summed E-state index contributed by atoms with van der Waals surface area (Å²) in [5.74, 6) is -0.269. The van der Waals surface area contributed by atoms with E-state index >= 15 is 0 Å². The lowest BCUT2D eigenvalue weighted by atomic mass is 10.2. The van der Waals surface area contributed by atoms with E-state index < -0.39 is 9.96 Å². The Morgan fingerprint density at radius 1 is 1.09 bits per heavy atom. The van der Waals surface area contributed by atoms with Gasteiger partial charge in [0.25, 0.3) is 0 Å². The van der Waals surface area contributed by atoms with Crippen molar-refractivity contribution in [1.29, 1.82) is 0 Å². The third kappa shape index (κ3) is 6.34. The average Bonchev–Trinajstić information content (AvgIpc) is 2.79. The molecule has 1 amide bonds. The monoisotopic (exact) mass is 374 g/mol. The van der Waals surface area contributed by atoms with E-state index in [1.807, 2.05) is 35.2 Å². The Balaban J connectivity index is 2.02. The van der Waals surface area contributed by atoms with E-state index in [4.69, 9.17) is 34.8 Å². The van der Waals surface area contributed by atoms with Crippen molar-refractivity contribution >= 4 is 46.8 Å². The Morgan fingerprint density at radius 2 is 1.70 bits per heavy atom. The lowest BCUT2D eigenvalue weighted by molar-refractivity contribution is -0.118. The van der Waals surface area contributed by atoms with Gasteiger partial charge in [-0.3, -0.25) is 9.69 Å². The summed E-state index contributed by atoms with van der Waals surface area (Å²) in [5, 5.41) is 2.83. The number of rotatable bonds is 4. The van der Waals surface area contributed by atoms with Crippen LogP contribution in [0.5, 0.6) is 0 Å². The number of benzene rings is 1. The van der Waals surface area contributed by atoms with Crippen LogP contribution >= 0.6 is 34.8 Å². The van der Waals surface area contributed by atoms with Crippen LogP contribution in [0.4, 0.5) is 0 Å². The fraction of sp³-hybridized carbons (Fsp3) is 0.471. The van der Waals surface area contributed by atoms with E-state index in [1.54, 1.807) is 6.08 Å². The molecule has 0 saturated carbocycles. The number of halogens is 3. The first-order valence-electron chi connectivity index (χ1n) is 7.81. The molecule has 0 radical (unpaired) electrons. The van der Waals surface area contributed by atoms with Crippen molar-refractivity contribution in [2.75, 3.05) is 13.1 Å². The lowest BCUT2D eigenvalue weighted by Crippen LogP contribution is -2.55. The van der Waals surface area contributed by atoms with E-state index in [0.29, 0.717) is 0 Å². The molecule has 23 heavy (non-hydrogen) atoms. The van der Waals surface area contributed by atoms with Gasteiger partial charge >= 0.3 is 0 Å². The van der Waals surface area contributed by atoms with Crippen molar-refractivity contribution in [2.24, 2.45) is 0 Å². The number of hydrogen-bond acceptors (Lipinski definition) is 2. The highest BCUT2D eigenvalue weighted by Crippen LogP contribution is 2.33. The fourth-order valence-electron chi connectivity index (χ4n) is 2.65. The molecule has 1 aromatic carbocycles. The Kier molecular flexibility index (Phi) is 7.22. The summed E-state index contributed by atoms with van der Waals surface area (Å²) < 4.78 is -1.57. The highest BCUT2D eigenvalue weighted by molar-refractivity contribution is 6.68. The van der Waals surface area contributed by atoms with Crippen LogP contribution in [-0.4, -0.2) is 33.9 Å². The Hall–Kier alpha value is -0.740. The predicted molar refractivity (Wildman–Crippen MR) is 97.7 cm³/mol. The molecule has 1 saturated heterocycles. The summed E-state index contributed by atoms with van der Waals surface area (Å²) in [7, 11) is 0. The van der Waals surface area contributed by atoms with Gasteiger partial charge in [-0.2, -0.15) is 0 Å². The van der Waals surface area contributed by atoms with Crippen LogP contribution in [0.25, 0.3) is 6.08 Å². The maximum Gasteiger partial charge on any atom is 0.245 e. The van der Waals surface area contributed by atoms with Crippen molar-refractivity contribution in [3.05, 3.63) is 42.0 Å². The predicted octanol–water partition coefficient (Wildman–Crippen LogP) is 4.39. The van der Waals surface area contributed by atoms with Gasteiger partial charge in [0.1, 0.15) is 6.17 Å². The van der Waals surface area contributed by atoms with E-state index in [-0.39, 0.29) is 5.91 Å². The van der Waals surface area contributed by atoms with Gasteiger partial charge in [-0.25, -0.2) is 0 Å². The van der Waals surface area contributed by atoms with Crippen molar-refractivity contribution < 1.29 is 4.79 Å². The second kappa shape index (κ2) is 8.93. The van der Waals surface area contributed by atoms with Crippen LogP contribution in [0, 0.1) is 0 Å². The van der Waals surface area contributed by atoms with Crippen LogP contribution in [0.3, 0.4) is 0 Å². The number of alkyl halides is 3. The molecule has 0 spiro atoms. The molecular weight excluding hydrogens is 355 g/mol. The van der Waals surface area contributed by atoms with Gasteiger partial charge in [-0.05, 0) is 24.5 Å². The van der Waals surface area contributed by atoms with Gasteiger partial charge in [0, 0.05) is 19.2 Å². The Bertz CT molecular complexity index is 520. The van der Waals surface area contributed by atoms with E-state index in [2.05, 4.69) is 5.32 Å². The van der Waals surface area contributed by atoms with Gasteiger partial charge in [0.2, 0.25) is 9.70 Å². The van der Waals surface area contributed by atoms with Gasteiger partial charge in [0.15, 0.2) is 0 Å². The van der Waals surface area contributed by atoms with Crippen LogP contribution in [0.2, 0.25) is 0 Å². The summed E-state index contributed by atoms with van der Waals surface area (Å²) in [6.07, 6.45) is 7.03. The fourth-order valence-corrected chi connectivity index (χ4v) is 3.23. The molecule has 6 heteroatoms. The van der Waals surface area contributed by atoms with Crippen LogP contribution in [0.1, 0.15) is 31.2 Å². The number of carbonyl (C=O) groups is 1. The van der Waals surface area contributed by atoms with Crippen molar-refractivity contribution in [3.63, 3.8) is 0 Å². The normalized spacial score (nSPS) is 18.6. The molecule has 3 nitrogen and oxygen atoms in total. The molecule has 0 bridgehead atoms. The lowest BCUT2D eigenvalue weighted by Gasteiger charge is -2.35. The summed E-state index contributed by atoms with van der Waals surface area (Å²) in [6.45, 7) is 1.64. The molecule has 1 aliphatic heterocycles. The topological polar surface area (TPSA) is 32.3 Å². The molecule has 126 valence electrons. The largest absolute Gasteiger partial charge is 0.333 e. The third-order valence-electron chi connectivity index (χ3n) is 3.82. The molecule has 0 aromatic heterocycles. The number of likely N-dealkylation sites (tertiary alicyclic amines) is 1. The maximum absolute atomic E-state index is 12.2. The number of nitrogens with zero attached hydrogens (tertiary/aromatic N) is 1. The SMILES string of the molecule is O=C(/C=C/c1ccccc1)N[C@@H](N1CCCCCC1)C(Cl)(Cl)Cl. The van der Waals surface area contributed by atoms with Crippen LogP contribution < -0.4 is 5.32 Å². The molecule has 1 aromatic rings. The Morgan fingerprint density at radius 3 is 2.26 bits per heavy atom. The van der Waals surface area contributed by atoms with Gasteiger partial charge < -0.3 is 5.32 Å². The molecule has 1 aliphatic rings. The van der Waals surface area contributed by atoms with Crippen molar-refractivity contribution in [3.8, 4) is 0 Å². The average molecular weight is 376 g/mol. The highest BCUT2D eigenvalue weighted by atomic mass is 35.6. The number of carbonyl (C=O) groups excluding carboxylic acids is 1. The zero-order valence-electron chi connectivity index (χ0n) is 12.9. The maximum atomic E-state index is 12.2. The summed E-state index contributed by atoms with van der Waals surface area (Å²) in [4.78, 5) is 14.3. The summed E-state index contributed by atoms with van der Waals surface area (Å²) >= 11 is 18.3. The van der Waals surface area contributed by atoms with Gasteiger partial charge in [-0.15, -0.1) is 0 Å². The summed E-state index contributed by atoms with van der Waals surface area (Å²) in [5.41, 5.74) is 0.947. The quantitative estimate of drug-likeness (QED) is 0.625. The number of hydrogen-bond donors (Lipinski definition) is 1. The Labute approximate surface area is 152 Å². The third-order valence-corrected chi connectivity index (χ3v) is 4.44. The number of nitrogens with one attached hydrogen (secondary N) is 1. The minimum absolute atomic E-state index is 0.269. The summed E-state index contributed by atoms with van der Waals surface area (Å²) in [6, 6.07) is 9.60. The molecular formula is C17H21Cl3N2O. The molecule has 1 N–H and O–H groups in total. The first-order chi connectivity index (χ1) is 11.0. The highest BCUT2D eigenvalue weighted by Gasteiger charge is 2.38. The van der Waals surface area contributed by atoms with E-state index in [0.717, 1.165) is 31.5 Å². The standard InChI is InChI=1S/C17H21Cl3N2O/c18-17(19,20)16(22-12-6-1-2-7-13-22)21-15(23)11-10-14-8-4-3-5-9-14/h3-5,8-11,16H,1-2,6-7,12-13H2,(H,21,23)/b11-10+/t16-/m0/s1. The van der Waals surface area contributed by atoms with Crippen molar-refractivity contribution in [1.82, 2.24) is 10.2 Å². The minimum Gasteiger partial charge on any atom is -0.333 e. The molecule has 2 rings (SSSR count). The zero-order chi connectivity index (χ0) is 16.7. The molecule has 0 unspecified atom stereocenters. The molecule has 1 heterocycles. The van der Waals surface area contributed by atoms with E-state index in [1.165, 1.54) is 18.9 Å².